The van der Waals surface area contributed by atoms with E-state index in [4.69, 9.17) is 0 Å². The second-order valence-electron chi connectivity index (χ2n) is 5.23. The molecule has 100 valence electrons. The summed E-state index contributed by atoms with van der Waals surface area (Å²) >= 11 is 0. The predicted molar refractivity (Wildman–Crippen MR) is 66.6 cm³/mol. The van der Waals surface area contributed by atoms with Crippen LogP contribution in [-0.4, -0.2) is 0 Å². The molecule has 0 aliphatic heterocycles. The molecule has 1 aromatic carbocycles. The molecule has 18 heavy (non-hydrogen) atoms. The maximum Gasteiger partial charge on any atom is 0.416 e. The van der Waals surface area contributed by atoms with Crippen molar-refractivity contribution in [3.8, 4) is 0 Å². The minimum atomic E-state index is -4.23. The summed E-state index contributed by atoms with van der Waals surface area (Å²) in [5.41, 5.74) is 0.477. The molecule has 0 aromatic heterocycles. The van der Waals surface area contributed by atoms with Gasteiger partial charge in [0, 0.05) is 0 Å². The molecule has 0 amide bonds. The van der Waals surface area contributed by atoms with Crippen molar-refractivity contribution in [2.45, 2.75) is 57.5 Å². The van der Waals surface area contributed by atoms with Crippen LogP contribution in [-0.2, 0) is 6.18 Å². The van der Waals surface area contributed by atoms with E-state index in [9.17, 15) is 13.2 Å². The summed E-state index contributed by atoms with van der Waals surface area (Å²) in [5, 5.41) is 0. The highest BCUT2D eigenvalue weighted by molar-refractivity contribution is 5.39. The molecule has 1 saturated carbocycles. The lowest BCUT2D eigenvalue weighted by atomic mass is 9.86. The molecule has 0 bridgehead atoms. The molecule has 0 atom stereocenters. The van der Waals surface area contributed by atoms with Gasteiger partial charge in [-0.3, -0.25) is 0 Å². The van der Waals surface area contributed by atoms with E-state index >= 15 is 0 Å². The lowest BCUT2D eigenvalue weighted by molar-refractivity contribution is -0.138. The number of aryl methyl sites for hydroxylation is 1. The van der Waals surface area contributed by atoms with Crippen LogP contribution < -0.4 is 0 Å². The van der Waals surface area contributed by atoms with Crippen LogP contribution in [0.4, 0.5) is 13.2 Å². The van der Waals surface area contributed by atoms with Crippen molar-refractivity contribution in [1.29, 1.82) is 0 Å². The summed E-state index contributed by atoms with van der Waals surface area (Å²) in [6.07, 6.45) is 1.98. The Morgan fingerprint density at radius 3 is 2.17 bits per heavy atom. The quantitative estimate of drug-likeness (QED) is 0.586. The Kier molecular flexibility index (Phi) is 3.98. The van der Waals surface area contributed by atoms with Crippen LogP contribution in [0.25, 0.3) is 0 Å². The van der Waals surface area contributed by atoms with Crippen LogP contribution >= 0.6 is 0 Å². The summed E-state index contributed by atoms with van der Waals surface area (Å²) in [4.78, 5) is 0. The van der Waals surface area contributed by atoms with Crippen LogP contribution in [0.2, 0.25) is 0 Å². The Hall–Kier alpha value is -0.990. The number of rotatable bonds is 1. The van der Waals surface area contributed by atoms with Gasteiger partial charge in [0.1, 0.15) is 0 Å². The zero-order chi connectivity index (χ0) is 13.2. The fraction of sp³-hybridized carbons (Fsp3) is 0.600. The molecular formula is C15H19F3. The van der Waals surface area contributed by atoms with Crippen molar-refractivity contribution in [3.63, 3.8) is 0 Å². The number of benzene rings is 1. The van der Waals surface area contributed by atoms with Gasteiger partial charge in [0.05, 0.1) is 5.56 Å². The zero-order valence-electron chi connectivity index (χ0n) is 10.7. The van der Waals surface area contributed by atoms with E-state index in [0.29, 0.717) is 11.1 Å². The Labute approximate surface area is 106 Å². The number of alkyl halides is 3. The summed E-state index contributed by atoms with van der Waals surface area (Å²) < 4.78 is 39.5. The summed E-state index contributed by atoms with van der Waals surface area (Å²) in [6, 6.07) is 4.99. The van der Waals surface area contributed by atoms with Crippen molar-refractivity contribution in [2.75, 3.05) is 0 Å². The Morgan fingerprint density at radius 2 is 1.61 bits per heavy atom. The normalized spacial score (nSPS) is 18.7. The van der Waals surface area contributed by atoms with Gasteiger partial charge in [-0.05, 0) is 36.8 Å². The third kappa shape index (κ3) is 2.88. The third-order valence-corrected chi connectivity index (χ3v) is 3.88. The van der Waals surface area contributed by atoms with Gasteiger partial charge in [0.15, 0.2) is 0 Å². The van der Waals surface area contributed by atoms with Crippen molar-refractivity contribution >= 4 is 0 Å². The first kappa shape index (κ1) is 13.4. The molecular weight excluding hydrogens is 237 g/mol. The number of hydrogen-bond donors (Lipinski definition) is 0. The summed E-state index contributed by atoms with van der Waals surface area (Å²) in [5.74, 6) is 0.0871. The van der Waals surface area contributed by atoms with Gasteiger partial charge in [-0.2, -0.15) is 13.2 Å². The minimum absolute atomic E-state index is 0.0871. The summed E-state index contributed by atoms with van der Waals surface area (Å²) in [6.45, 7) is 1.56. The lowest BCUT2D eigenvalue weighted by Gasteiger charge is -2.22. The fourth-order valence-corrected chi connectivity index (χ4v) is 3.01. The van der Waals surface area contributed by atoms with E-state index in [1.165, 1.54) is 0 Å². The Morgan fingerprint density at radius 1 is 1.00 bits per heavy atom. The first-order valence-corrected chi connectivity index (χ1v) is 6.67. The van der Waals surface area contributed by atoms with Gasteiger partial charge in [0.2, 0.25) is 0 Å². The van der Waals surface area contributed by atoms with E-state index in [-0.39, 0.29) is 5.92 Å². The highest BCUT2D eigenvalue weighted by atomic mass is 19.4. The first-order chi connectivity index (χ1) is 8.50. The van der Waals surface area contributed by atoms with E-state index in [0.717, 1.165) is 38.5 Å². The van der Waals surface area contributed by atoms with Crippen LogP contribution in [0.1, 0.15) is 61.1 Å². The van der Waals surface area contributed by atoms with Crippen molar-refractivity contribution in [3.05, 3.63) is 34.9 Å². The fourth-order valence-electron chi connectivity index (χ4n) is 3.01. The van der Waals surface area contributed by atoms with Gasteiger partial charge in [0.25, 0.3) is 0 Å². The molecule has 1 fully saturated rings. The third-order valence-electron chi connectivity index (χ3n) is 3.88. The molecule has 1 aromatic rings. The van der Waals surface area contributed by atoms with E-state index in [1.54, 1.807) is 25.1 Å². The average Bonchev–Trinajstić information content (AvgIpc) is 2.55. The molecule has 0 radical (unpaired) electrons. The molecule has 1 aliphatic carbocycles. The topological polar surface area (TPSA) is 0 Å². The highest BCUT2D eigenvalue weighted by Gasteiger charge is 2.36. The highest BCUT2D eigenvalue weighted by Crippen LogP contribution is 2.41. The second-order valence-corrected chi connectivity index (χ2v) is 5.23. The van der Waals surface area contributed by atoms with Gasteiger partial charge in [-0.1, -0.05) is 43.9 Å². The maximum absolute atomic E-state index is 13.2. The molecule has 0 heterocycles. The molecule has 0 spiro atoms. The van der Waals surface area contributed by atoms with Gasteiger partial charge in [-0.15, -0.1) is 0 Å². The Balaban J connectivity index is 2.40. The van der Waals surface area contributed by atoms with Crippen molar-refractivity contribution in [2.24, 2.45) is 0 Å². The van der Waals surface area contributed by atoms with Gasteiger partial charge >= 0.3 is 6.18 Å². The molecule has 0 saturated heterocycles. The van der Waals surface area contributed by atoms with E-state index in [2.05, 4.69) is 0 Å². The molecule has 1 aliphatic rings. The molecule has 0 N–H and O–H groups in total. The smallest absolute Gasteiger partial charge is 0.166 e. The largest absolute Gasteiger partial charge is 0.416 e. The monoisotopic (exact) mass is 256 g/mol. The SMILES string of the molecule is Cc1cccc(C2CCCCCC2)c1C(F)(F)F. The zero-order valence-corrected chi connectivity index (χ0v) is 10.7. The van der Waals surface area contributed by atoms with Crippen molar-refractivity contribution in [1.82, 2.24) is 0 Å². The molecule has 2 rings (SSSR count). The number of halogens is 3. The maximum atomic E-state index is 13.2. The molecule has 0 unspecified atom stereocenters. The molecule has 3 heteroatoms. The standard InChI is InChI=1S/C15H19F3/c1-11-7-6-10-13(14(11)15(16,17)18)12-8-4-2-3-5-9-12/h6-7,10,12H,2-5,8-9H2,1H3. The average molecular weight is 256 g/mol. The predicted octanol–water partition coefficient (Wildman–Crippen LogP) is 5.45. The van der Waals surface area contributed by atoms with Crippen molar-refractivity contribution < 1.29 is 13.2 Å². The minimum Gasteiger partial charge on any atom is -0.166 e. The Bertz CT molecular complexity index is 399. The van der Waals surface area contributed by atoms with Crippen LogP contribution in [0.5, 0.6) is 0 Å². The van der Waals surface area contributed by atoms with Crippen LogP contribution in [0.3, 0.4) is 0 Å². The summed E-state index contributed by atoms with van der Waals surface area (Å²) in [7, 11) is 0. The van der Waals surface area contributed by atoms with Gasteiger partial charge < -0.3 is 0 Å². The molecule has 0 nitrogen and oxygen atoms in total. The first-order valence-electron chi connectivity index (χ1n) is 6.67. The lowest BCUT2D eigenvalue weighted by Crippen LogP contribution is -2.14. The van der Waals surface area contributed by atoms with Crippen LogP contribution in [0.15, 0.2) is 18.2 Å². The van der Waals surface area contributed by atoms with Gasteiger partial charge in [-0.25, -0.2) is 0 Å². The number of hydrogen-bond acceptors (Lipinski definition) is 0. The van der Waals surface area contributed by atoms with E-state index < -0.39 is 11.7 Å². The van der Waals surface area contributed by atoms with Crippen LogP contribution in [0, 0.1) is 6.92 Å². The van der Waals surface area contributed by atoms with E-state index in [1.807, 2.05) is 0 Å². The second kappa shape index (κ2) is 5.33.